The number of rotatable bonds is 32. The van der Waals surface area contributed by atoms with E-state index in [-0.39, 0.29) is 101 Å². The number of likely N-dealkylation sites (N-methyl/N-ethyl adjacent to an activating group) is 1. The largest absolute Gasteiger partial charge is 0.445 e. The minimum atomic E-state index is -1.11. The van der Waals surface area contributed by atoms with Crippen molar-refractivity contribution >= 4 is 59.3 Å². The molecule has 10 amide bonds. The highest BCUT2D eigenvalue weighted by Gasteiger charge is 2.39. The number of unbranched alkanes of at least 4 members (excludes halogenated alkanes) is 2. The number of ether oxygens (including phenoxy) is 2. The van der Waals surface area contributed by atoms with E-state index in [1.165, 1.54) is 24.1 Å². The van der Waals surface area contributed by atoms with E-state index < -0.39 is 96.3 Å². The molecule has 4 atom stereocenters. The number of nitrogens with two attached hydrogens (primary N) is 2. The normalized spacial score (nSPS) is 13.5. The monoisotopic (exact) mass is 1200 g/mol. The molecule has 466 valence electrons. The van der Waals surface area contributed by atoms with Crippen LogP contribution in [0.2, 0.25) is 0 Å². The van der Waals surface area contributed by atoms with Crippen molar-refractivity contribution in [3.63, 3.8) is 0 Å². The zero-order valence-electron chi connectivity index (χ0n) is 49.4. The van der Waals surface area contributed by atoms with Crippen LogP contribution in [0.15, 0.2) is 91.1 Å². The number of nitrogens with zero attached hydrogens (tertiary/aromatic N) is 5. The Balaban J connectivity index is 1.12. The number of carbonyl (C=O) groups is 9. The maximum absolute atomic E-state index is 15.2. The topological polar surface area (TPSA) is 312 Å². The summed E-state index contributed by atoms with van der Waals surface area (Å²) in [4.78, 5) is 124. The van der Waals surface area contributed by atoms with Gasteiger partial charge in [0.05, 0.1) is 11.7 Å². The summed E-state index contributed by atoms with van der Waals surface area (Å²) >= 11 is 0. The van der Waals surface area contributed by atoms with Crippen LogP contribution < -0.4 is 38.1 Å². The van der Waals surface area contributed by atoms with Crippen LogP contribution in [0.5, 0.6) is 0 Å². The number of halogens is 3. The third-order valence-electron chi connectivity index (χ3n) is 13.8. The van der Waals surface area contributed by atoms with Crippen molar-refractivity contribution in [3.05, 3.63) is 120 Å². The Hall–Kier alpha value is -8.81. The van der Waals surface area contributed by atoms with E-state index >= 15 is 4.39 Å². The van der Waals surface area contributed by atoms with Crippen molar-refractivity contribution in [2.75, 3.05) is 58.4 Å². The summed E-state index contributed by atoms with van der Waals surface area (Å²) in [5.41, 5.74) is 12.1. The van der Waals surface area contributed by atoms with Gasteiger partial charge in [-0.2, -0.15) is 0 Å². The number of aromatic nitrogens is 2. The number of alkyl halides is 1. The van der Waals surface area contributed by atoms with Crippen molar-refractivity contribution in [3.8, 4) is 11.3 Å². The first kappa shape index (κ1) is 68.0. The van der Waals surface area contributed by atoms with Crippen LogP contribution >= 0.6 is 0 Å². The third-order valence-corrected chi connectivity index (χ3v) is 13.8. The number of nitrogens with one attached hydrogen (secondary N) is 5. The van der Waals surface area contributed by atoms with Gasteiger partial charge in [-0.15, -0.1) is 0 Å². The second-order valence-corrected chi connectivity index (χ2v) is 22.2. The Morgan fingerprint density at radius 2 is 1.49 bits per heavy atom. The highest BCUT2D eigenvalue weighted by atomic mass is 19.1. The van der Waals surface area contributed by atoms with Crippen LogP contribution in [0.25, 0.3) is 11.3 Å². The number of anilines is 1. The van der Waals surface area contributed by atoms with E-state index in [0.29, 0.717) is 36.3 Å². The molecule has 23 nitrogen and oxygen atoms in total. The number of hydrogen-bond donors (Lipinski definition) is 7. The van der Waals surface area contributed by atoms with Crippen molar-refractivity contribution < 1.29 is 65.8 Å². The van der Waals surface area contributed by atoms with Crippen LogP contribution in [0.1, 0.15) is 103 Å². The first-order chi connectivity index (χ1) is 40.8. The Morgan fingerprint density at radius 1 is 0.791 bits per heavy atom. The minimum Gasteiger partial charge on any atom is -0.445 e. The van der Waals surface area contributed by atoms with Gasteiger partial charge in [0, 0.05) is 88.4 Å². The second-order valence-electron chi connectivity index (χ2n) is 22.2. The molecule has 26 heteroatoms. The SMILES string of the molecule is CC(C)[C@H](NC(=O)CCCCCN1C(=O)C=CC1=O)C(=O)N[C@@H](CCCNC(N)=O)C(=O)Nc1ccc(COC(=O)NCCN(C)C(=O)OCC(=O)N(CC[C@H](N)CF)[C@@H](c2nc(-c3cc(F)ccc3F)cn2Cc2ccccc2)C(C)(C)C)cc1. The molecule has 0 bridgehead atoms. The highest BCUT2D eigenvalue weighted by Crippen LogP contribution is 2.40. The molecule has 86 heavy (non-hydrogen) atoms. The average molecular weight is 1200 g/mol. The van der Waals surface area contributed by atoms with Crippen molar-refractivity contribution in [1.29, 1.82) is 0 Å². The average Bonchev–Trinajstić information content (AvgIpc) is 1.76. The quantitative estimate of drug-likeness (QED) is 0.0219. The number of carbonyl (C=O) groups excluding carboxylic acids is 9. The molecule has 0 spiro atoms. The molecule has 1 aromatic heterocycles. The number of benzene rings is 3. The van der Waals surface area contributed by atoms with E-state index in [0.717, 1.165) is 33.6 Å². The molecular formula is C60H79F3N12O11. The molecular weight excluding hydrogens is 1120 g/mol. The Bertz CT molecular complexity index is 2990. The lowest BCUT2D eigenvalue weighted by atomic mass is 9.84. The number of primary amides is 1. The van der Waals surface area contributed by atoms with Gasteiger partial charge in [0.1, 0.15) is 42.8 Å². The van der Waals surface area contributed by atoms with Gasteiger partial charge in [-0.1, -0.05) is 83.5 Å². The molecule has 9 N–H and O–H groups in total. The predicted molar refractivity (Wildman–Crippen MR) is 313 cm³/mol. The molecule has 0 fully saturated rings. The molecule has 0 saturated carbocycles. The van der Waals surface area contributed by atoms with Gasteiger partial charge in [-0.3, -0.25) is 33.7 Å². The summed E-state index contributed by atoms with van der Waals surface area (Å²) < 4.78 is 56.0. The van der Waals surface area contributed by atoms with E-state index in [4.69, 9.17) is 25.9 Å². The number of amides is 10. The third kappa shape index (κ3) is 21.4. The maximum Gasteiger partial charge on any atom is 0.410 e. The fraction of sp³-hybridized carbons (Fsp3) is 0.467. The van der Waals surface area contributed by atoms with Gasteiger partial charge >= 0.3 is 18.2 Å². The summed E-state index contributed by atoms with van der Waals surface area (Å²) in [6.45, 7) is 7.54. The first-order valence-corrected chi connectivity index (χ1v) is 28.4. The summed E-state index contributed by atoms with van der Waals surface area (Å²) in [7, 11) is 1.39. The zero-order valence-corrected chi connectivity index (χ0v) is 49.4. The van der Waals surface area contributed by atoms with Gasteiger partial charge < -0.3 is 61.9 Å². The summed E-state index contributed by atoms with van der Waals surface area (Å²) in [5, 5.41) is 13.2. The molecule has 0 unspecified atom stereocenters. The van der Waals surface area contributed by atoms with Crippen molar-refractivity contribution in [1.82, 2.24) is 45.5 Å². The van der Waals surface area contributed by atoms with E-state index in [9.17, 15) is 51.9 Å². The maximum atomic E-state index is 15.2. The number of alkyl carbamates (subject to hydrolysis) is 1. The number of hydrogen-bond acceptors (Lipinski definition) is 13. The Morgan fingerprint density at radius 3 is 2.14 bits per heavy atom. The molecule has 2 heterocycles. The fourth-order valence-electron chi connectivity index (χ4n) is 9.21. The van der Waals surface area contributed by atoms with Crippen LogP contribution in [-0.4, -0.2) is 149 Å². The zero-order chi connectivity index (χ0) is 63.1. The fourth-order valence-corrected chi connectivity index (χ4v) is 9.21. The predicted octanol–water partition coefficient (Wildman–Crippen LogP) is 5.97. The summed E-state index contributed by atoms with van der Waals surface area (Å²) in [6.07, 6.45) is 4.20. The van der Waals surface area contributed by atoms with Crippen molar-refractivity contribution in [2.45, 2.75) is 117 Å². The molecule has 1 aliphatic rings. The molecule has 5 rings (SSSR count). The number of imidazole rings is 1. The lowest BCUT2D eigenvalue weighted by Crippen LogP contribution is -2.54. The Kier molecular flexibility index (Phi) is 26.1. The summed E-state index contributed by atoms with van der Waals surface area (Å²) in [5.74, 6) is -4.48. The van der Waals surface area contributed by atoms with Crippen LogP contribution in [0.4, 0.5) is 33.2 Å². The number of urea groups is 1. The van der Waals surface area contributed by atoms with Crippen LogP contribution in [-0.2, 0) is 51.4 Å². The molecule has 0 saturated heterocycles. The van der Waals surface area contributed by atoms with Gasteiger partial charge in [-0.25, -0.2) is 32.5 Å². The Labute approximate surface area is 498 Å². The molecule has 3 aromatic carbocycles. The standard InChI is InChI=1S/C60H79F3N12O11/c1-38(2)52(71-48(76)17-11-8-12-29-74-49(77)24-25-50(74)78)56(81)70-46(16-13-27-66-57(65)82)55(80)68-43-21-18-40(19-22-43)36-85-58(83)67-28-31-72(6)59(84)86-37-51(79)75(30-26-42(64)33-61)53(60(3,4)5)54-69-47(44-32-41(62)20-23-45(44)63)35-73(54)34-39-14-9-7-10-15-39/h7,9-10,14-15,18-25,32,35,38,42,46,52-53H,8,11-13,16-17,26-31,33-34,36-37,64H2,1-6H3,(H,67,83)(H,68,80)(H,70,81)(H,71,76)(H3,65,66,82)/t42-,46-,52-,53-/m0/s1. The second kappa shape index (κ2) is 33.0. The van der Waals surface area contributed by atoms with E-state index in [2.05, 4.69) is 26.6 Å². The lowest BCUT2D eigenvalue weighted by Gasteiger charge is -2.40. The van der Waals surface area contributed by atoms with Gasteiger partial charge in [0.25, 0.3) is 17.7 Å². The number of imide groups is 1. The van der Waals surface area contributed by atoms with Crippen molar-refractivity contribution in [2.24, 2.45) is 22.8 Å². The molecule has 4 aromatic rings. The minimum absolute atomic E-state index is 0.0223. The van der Waals surface area contributed by atoms with Crippen LogP contribution in [0, 0.1) is 23.0 Å². The van der Waals surface area contributed by atoms with E-state index in [1.807, 2.05) is 51.1 Å². The highest BCUT2D eigenvalue weighted by molar-refractivity contribution is 6.12. The smallest absolute Gasteiger partial charge is 0.410 e. The van der Waals surface area contributed by atoms with Gasteiger partial charge in [0.2, 0.25) is 17.7 Å². The van der Waals surface area contributed by atoms with Crippen LogP contribution in [0.3, 0.4) is 0 Å². The first-order valence-electron chi connectivity index (χ1n) is 28.4. The lowest BCUT2D eigenvalue weighted by molar-refractivity contribution is -0.140. The molecule has 0 aliphatic carbocycles. The van der Waals surface area contributed by atoms with Gasteiger partial charge in [0.15, 0.2) is 6.61 Å². The molecule has 0 radical (unpaired) electrons. The summed E-state index contributed by atoms with van der Waals surface area (Å²) in [6, 6.07) is 13.9. The molecule has 1 aliphatic heterocycles. The van der Waals surface area contributed by atoms with E-state index in [1.54, 1.807) is 48.9 Å². The van der Waals surface area contributed by atoms with Gasteiger partial charge in [-0.05, 0) is 84.9 Å².